The van der Waals surface area contributed by atoms with Crippen LogP contribution in [0.4, 0.5) is 5.69 Å². The Morgan fingerprint density at radius 1 is 1.47 bits per heavy atom. The molecule has 0 spiro atoms. The highest BCUT2D eigenvalue weighted by atomic mass is 32.1. The minimum Gasteiger partial charge on any atom is -0.319 e. The number of thiazole rings is 1. The van der Waals surface area contributed by atoms with E-state index in [4.69, 9.17) is 0 Å². The van der Waals surface area contributed by atoms with Crippen molar-refractivity contribution in [3.8, 4) is 11.3 Å². The van der Waals surface area contributed by atoms with Gasteiger partial charge >= 0.3 is 0 Å². The summed E-state index contributed by atoms with van der Waals surface area (Å²) in [5.74, 6) is 0. The number of likely N-dealkylation sites (N-methyl/N-ethyl adjacent to an activating group) is 1. The molecule has 2 aromatic rings. The van der Waals surface area contributed by atoms with E-state index in [-0.39, 0.29) is 10.6 Å². The van der Waals surface area contributed by atoms with Gasteiger partial charge in [0.05, 0.1) is 15.6 Å². The van der Waals surface area contributed by atoms with Gasteiger partial charge in [0.2, 0.25) is 0 Å². The monoisotopic (exact) mass is 277 g/mol. The number of benzene rings is 1. The summed E-state index contributed by atoms with van der Waals surface area (Å²) in [7, 11) is 1.90. The fraction of sp³-hybridized carbons (Fsp3) is 0.308. The molecule has 0 aliphatic carbocycles. The zero-order chi connectivity index (χ0) is 13.8. The van der Waals surface area contributed by atoms with Crippen molar-refractivity contribution in [2.75, 3.05) is 13.6 Å². The predicted molar refractivity (Wildman–Crippen MR) is 76.6 cm³/mol. The number of nitro benzene ring substituents is 1. The highest BCUT2D eigenvalue weighted by Crippen LogP contribution is 2.29. The van der Waals surface area contributed by atoms with Gasteiger partial charge in [-0.05, 0) is 14.0 Å². The van der Waals surface area contributed by atoms with Crippen molar-refractivity contribution in [3.05, 3.63) is 44.3 Å². The quantitative estimate of drug-likeness (QED) is 0.674. The summed E-state index contributed by atoms with van der Waals surface area (Å²) in [4.78, 5) is 16.1. The van der Waals surface area contributed by atoms with Gasteiger partial charge in [0, 0.05) is 35.5 Å². The molecule has 2 rings (SSSR count). The lowest BCUT2D eigenvalue weighted by atomic mass is 10.1. The number of hydrogen-bond donors (Lipinski definition) is 1. The van der Waals surface area contributed by atoms with E-state index in [1.165, 1.54) is 6.07 Å². The number of non-ortho nitro benzene ring substituents is 1. The fourth-order valence-electron chi connectivity index (χ4n) is 1.82. The number of nitrogens with one attached hydrogen (secondary N) is 1. The Bertz CT molecular complexity index is 595. The molecule has 6 heteroatoms. The largest absolute Gasteiger partial charge is 0.319 e. The number of nitrogens with zero attached hydrogens (tertiary/aromatic N) is 2. The predicted octanol–water partition coefficient (Wildman–Crippen LogP) is 2.79. The minimum absolute atomic E-state index is 0.0988. The maximum atomic E-state index is 10.8. The van der Waals surface area contributed by atoms with Crippen LogP contribution in [0.2, 0.25) is 0 Å². The Balaban J connectivity index is 2.33. The summed E-state index contributed by atoms with van der Waals surface area (Å²) < 4.78 is 0. The van der Waals surface area contributed by atoms with Gasteiger partial charge in [0.25, 0.3) is 5.69 Å². The van der Waals surface area contributed by atoms with E-state index in [9.17, 15) is 10.1 Å². The van der Waals surface area contributed by atoms with Crippen molar-refractivity contribution in [2.24, 2.45) is 0 Å². The van der Waals surface area contributed by atoms with E-state index < -0.39 is 0 Å². The van der Waals surface area contributed by atoms with Crippen molar-refractivity contribution in [3.63, 3.8) is 0 Å². The highest BCUT2D eigenvalue weighted by molar-refractivity contribution is 7.12. The fourth-order valence-corrected chi connectivity index (χ4v) is 2.78. The summed E-state index contributed by atoms with van der Waals surface area (Å²) in [5, 5.41) is 14.9. The summed E-state index contributed by atoms with van der Waals surface area (Å²) in [6, 6.07) is 6.62. The smallest absolute Gasteiger partial charge is 0.270 e. The molecule has 100 valence electrons. The Morgan fingerprint density at radius 3 is 2.95 bits per heavy atom. The van der Waals surface area contributed by atoms with Gasteiger partial charge in [-0.2, -0.15) is 0 Å². The maximum absolute atomic E-state index is 10.8. The van der Waals surface area contributed by atoms with Gasteiger partial charge in [0.1, 0.15) is 0 Å². The lowest BCUT2D eigenvalue weighted by Crippen LogP contribution is -2.09. The van der Waals surface area contributed by atoms with Crippen LogP contribution in [0.5, 0.6) is 0 Å². The Morgan fingerprint density at radius 2 is 2.26 bits per heavy atom. The molecule has 0 aliphatic rings. The summed E-state index contributed by atoms with van der Waals surface area (Å²) in [5.41, 5.74) is 1.75. The zero-order valence-electron chi connectivity index (χ0n) is 10.8. The molecule has 0 bridgehead atoms. The second-order valence-electron chi connectivity index (χ2n) is 4.17. The van der Waals surface area contributed by atoms with Gasteiger partial charge in [-0.25, -0.2) is 4.98 Å². The molecular weight excluding hydrogens is 262 g/mol. The highest BCUT2D eigenvalue weighted by Gasteiger charge is 2.13. The van der Waals surface area contributed by atoms with Gasteiger partial charge in [-0.15, -0.1) is 11.3 Å². The Hall–Kier alpha value is -1.79. The first-order valence-corrected chi connectivity index (χ1v) is 6.79. The first-order chi connectivity index (χ1) is 9.11. The van der Waals surface area contributed by atoms with E-state index in [0.29, 0.717) is 0 Å². The molecule has 0 saturated carbocycles. The standard InChI is InChI=1S/C13H15N3O2S/c1-9-13(15-12(19-9)6-7-14-2)10-4-3-5-11(8-10)16(17)18/h3-5,8,14H,6-7H2,1-2H3. The molecule has 1 aromatic carbocycles. The van der Waals surface area contributed by atoms with Gasteiger partial charge in [-0.3, -0.25) is 10.1 Å². The lowest BCUT2D eigenvalue weighted by molar-refractivity contribution is -0.384. The number of nitro groups is 1. The number of hydrogen-bond acceptors (Lipinski definition) is 5. The Kier molecular flexibility index (Phi) is 4.24. The first kappa shape index (κ1) is 13.6. The number of aromatic nitrogens is 1. The second-order valence-corrected chi connectivity index (χ2v) is 5.46. The van der Waals surface area contributed by atoms with Crippen LogP contribution in [-0.4, -0.2) is 23.5 Å². The SMILES string of the molecule is CNCCc1nc(-c2cccc([N+](=O)[O-])c2)c(C)s1. The molecule has 0 unspecified atom stereocenters. The molecule has 0 radical (unpaired) electrons. The molecule has 0 aliphatic heterocycles. The summed E-state index contributed by atoms with van der Waals surface area (Å²) in [6.45, 7) is 2.87. The van der Waals surface area contributed by atoms with Gasteiger partial charge in [0.15, 0.2) is 0 Å². The molecule has 19 heavy (non-hydrogen) atoms. The van der Waals surface area contributed by atoms with Crippen LogP contribution in [0.25, 0.3) is 11.3 Å². The van der Waals surface area contributed by atoms with Crippen LogP contribution < -0.4 is 5.32 Å². The molecule has 1 N–H and O–H groups in total. The number of aryl methyl sites for hydroxylation is 1. The van der Waals surface area contributed by atoms with Crippen molar-refractivity contribution in [1.82, 2.24) is 10.3 Å². The minimum atomic E-state index is -0.382. The van der Waals surface area contributed by atoms with E-state index in [2.05, 4.69) is 10.3 Å². The van der Waals surface area contributed by atoms with Crippen molar-refractivity contribution < 1.29 is 4.92 Å². The van der Waals surface area contributed by atoms with Gasteiger partial charge < -0.3 is 5.32 Å². The lowest BCUT2D eigenvalue weighted by Gasteiger charge is -1.98. The van der Waals surface area contributed by atoms with Crippen LogP contribution in [0.1, 0.15) is 9.88 Å². The molecule has 5 nitrogen and oxygen atoms in total. The van der Waals surface area contributed by atoms with E-state index in [1.807, 2.05) is 20.0 Å². The molecular formula is C13H15N3O2S. The van der Waals surface area contributed by atoms with Crippen molar-refractivity contribution >= 4 is 17.0 Å². The van der Waals surface area contributed by atoms with Gasteiger partial charge in [-0.1, -0.05) is 12.1 Å². The van der Waals surface area contributed by atoms with Crippen molar-refractivity contribution in [1.29, 1.82) is 0 Å². The third kappa shape index (κ3) is 3.15. The van der Waals surface area contributed by atoms with Crippen LogP contribution in [0.3, 0.4) is 0 Å². The molecule has 1 heterocycles. The van der Waals surface area contributed by atoms with E-state index in [1.54, 1.807) is 23.5 Å². The van der Waals surface area contributed by atoms with Crippen LogP contribution in [0, 0.1) is 17.0 Å². The molecule has 0 atom stereocenters. The zero-order valence-corrected chi connectivity index (χ0v) is 11.7. The average molecular weight is 277 g/mol. The van der Waals surface area contributed by atoms with Crippen molar-refractivity contribution in [2.45, 2.75) is 13.3 Å². The van der Waals surface area contributed by atoms with Crippen LogP contribution in [0.15, 0.2) is 24.3 Å². The first-order valence-electron chi connectivity index (χ1n) is 5.97. The summed E-state index contributed by atoms with van der Waals surface area (Å²) in [6.07, 6.45) is 0.872. The topological polar surface area (TPSA) is 68.1 Å². The van der Waals surface area contributed by atoms with E-state index >= 15 is 0 Å². The van der Waals surface area contributed by atoms with E-state index in [0.717, 1.165) is 34.1 Å². The molecule has 1 aromatic heterocycles. The maximum Gasteiger partial charge on any atom is 0.270 e. The number of rotatable bonds is 5. The Labute approximate surface area is 115 Å². The normalized spacial score (nSPS) is 10.6. The molecule has 0 fully saturated rings. The van der Waals surface area contributed by atoms with Crippen LogP contribution in [-0.2, 0) is 6.42 Å². The average Bonchev–Trinajstić information content (AvgIpc) is 2.77. The third-order valence-electron chi connectivity index (χ3n) is 2.76. The molecule has 0 amide bonds. The van der Waals surface area contributed by atoms with Crippen LogP contribution >= 0.6 is 11.3 Å². The molecule has 0 saturated heterocycles. The summed E-state index contributed by atoms with van der Waals surface area (Å²) >= 11 is 1.64. The second kappa shape index (κ2) is 5.90. The third-order valence-corrected chi connectivity index (χ3v) is 3.79.